The normalized spacial score (nSPS) is 12.1. The summed E-state index contributed by atoms with van der Waals surface area (Å²) in [6.07, 6.45) is -0.756. The Balaban J connectivity index is 2.16. The lowest BCUT2D eigenvalue weighted by molar-refractivity contribution is -0.139. The van der Waals surface area contributed by atoms with Crippen LogP contribution in [-0.4, -0.2) is 28.8 Å². The van der Waals surface area contributed by atoms with Crippen LogP contribution in [0.3, 0.4) is 0 Å². The van der Waals surface area contributed by atoms with Crippen LogP contribution >= 0.6 is 11.6 Å². The van der Waals surface area contributed by atoms with Gasteiger partial charge in [-0.1, -0.05) is 35.9 Å². The number of benzene rings is 2. The summed E-state index contributed by atoms with van der Waals surface area (Å²) in [5, 5.41) is 12.4. The number of ether oxygens (including phenoxy) is 2. The van der Waals surface area contributed by atoms with Crippen LogP contribution in [0.4, 0.5) is 4.79 Å². The van der Waals surface area contributed by atoms with Crippen molar-refractivity contribution in [2.75, 3.05) is 0 Å². The molecule has 0 fully saturated rings. The standard InChI is InChI=1S/C20H22ClNO5/c1-20(2,3)27-19(25)22-16(18(23)24)11-13-7-4-5-10-17(13)26-15-9-6-8-14(21)12-15/h4-10,12,16H,11H2,1-3H3,(H,22,25)(H,23,24). The van der Waals surface area contributed by atoms with E-state index in [4.69, 9.17) is 21.1 Å². The zero-order valence-electron chi connectivity index (χ0n) is 15.4. The SMILES string of the molecule is CC(C)(C)OC(=O)NC(Cc1ccccc1Oc1cccc(Cl)c1)C(=O)O. The second kappa shape index (κ2) is 8.77. The first kappa shape index (κ1) is 20.6. The van der Waals surface area contributed by atoms with E-state index < -0.39 is 23.7 Å². The van der Waals surface area contributed by atoms with E-state index in [1.807, 2.05) is 0 Å². The Morgan fingerprint density at radius 1 is 1.15 bits per heavy atom. The van der Waals surface area contributed by atoms with E-state index in [0.29, 0.717) is 22.1 Å². The number of hydrogen-bond donors (Lipinski definition) is 2. The minimum atomic E-state index is -1.17. The van der Waals surface area contributed by atoms with Crippen molar-refractivity contribution in [3.63, 3.8) is 0 Å². The quantitative estimate of drug-likeness (QED) is 0.748. The molecule has 0 aliphatic carbocycles. The maximum absolute atomic E-state index is 11.9. The number of hydrogen-bond acceptors (Lipinski definition) is 4. The molecule has 1 atom stereocenters. The molecule has 0 spiro atoms. The van der Waals surface area contributed by atoms with Crippen molar-refractivity contribution in [2.24, 2.45) is 0 Å². The summed E-state index contributed by atoms with van der Waals surface area (Å²) in [5.41, 5.74) is -0.0956. The van der Waals surface area contributed by atoms with E-state index in [1.165, 1.54) is 0 Å². The van der Waals surface area contributed by atoms with Gasteiger partial charge in [0.2, 0.25) is 0 Å². The molecule has 2 aromatic carbocycles. The van der Waals surface area contributed by atoms with Gasteiger partial charge in [0.1, 0.15) is 23.1 Å². The summed E-state index contributed by atoms with van der Waals surface area (Å²) in [4.78, 5) is 23.5. The van der Waals surface area contributed by atoms with Gasteiger partial charge in [0.25, 0.3) is 0 Å². The summed E-state index contributed by atoms with van der Waals surface area (Å²) in [7, 11) is 0. The summed E-state index contributed by atoms with van der Waals surface area (Å²) in [5.74, 6) is -0.155. The Bertz CT molecular complexity index is 816. The Hall–Kier alpha value is -2.73. The number of aliphatic carboxylic acids is 1. The van der Waals surface area contributed by atoms with Gasteiger partial charge in [-0.2, -0.15) is 0 Å². The number of alkyl carbamates (subject to hydrolysis) is 1. The van der Waals surface area contributed by atoms with Gasteiger partial charge in [-0.3, -0.25) is 0 Å². The van der Waals surface area contributed by atoms with E-state index in [2.05, 4.69) is 5.32 Å². The number of carboxylic acid groups (broad SMARTS) is 1. The van der Waals surface area contributed by atoms with Crippen molar-refractivity contribution in [1.29, 1.82) is 0 Å². The van der Waals surface area contributed by atoms with Crippen molar-refractivity contribution in [2.45, 2.75) is 38.8 Å². The summed E-state index contributed by atoms with van der Waals surface area (Å²) in [6.45, 7) is 5.11. The first-order valence-corrected chi connectivity index (χ1v) is 8.75. The molecule has 2 rings (SSSR count). The molecule has 144 valence electrons. The average Bonchev–Trinajstić information content (AvgIpc) is 2.54. The van der Waals surface area contributed by atoms with Crippen molar-refractivity contribution >= 4 is 23.7 Å². The number of carboxylic acids is 1. The topological polar surface area (TPSA) is 84.9 Å². The molecule has 6 nitrogen and oxygen atoms in total. The maximum Gasteiger partial charge on any atom is 0.408 e. The second-order valence-electron chi connectivity index (χ2n) is 6.91. The number of carbonyl (C=O) groups is 2. The highest BCUT2D eigenvalue weighted by atomic mass is 35.5. The number of halogens is 1. The van der Waals surface area contributed by atoms with Crippen molar-refractivity contribution < 1.29 is 24.2 Å². The van der Waals surface area contributed by atoms with Gasteiger partial charge in [0.15, 0.2) is 0 Å². The lowest BCUT2D eigenvalue weighted by Crippen LogP contribution is -2.44. The van der Waals surface area contributed by atoms with Crippen LogP contribution in [0.25, 0.3) is 0 Å². The zero-order chi connectivity index (χ0) is 20.0. The minimum absolute atomic E-state index is 0.0331. The fraction of sp³-hybridized carbons (Fsp3) is 0.300. The Labute approximate surface area is 163 Å². The molecule has 0 aliphatic heterocycles. The molecular weight excluding hydrogens is 370 g/mol. The molecule has 0 radical (unpaired) electrons. The van der Waals surface area contributed by atoms with Gasteiger partial charge >= 0.3 is 12.1 Å². The number of rotatable bonds is 6. The fourth-order valence-corrected chi connectivity index (χ4v) is 2.48. The van der Waals surface area contributed by atoms with Gasteiger partial charge in [0.05, 0.1) is 0 Å². The van der Waals surface area contributed by atoms with E-state index in [0.717, 1.165) is 0 Å². The van der Waals surface area contributed by atoms with E-state index >= 15 is 0 Å². The van der Waals surface area contributed by atoms with Gasteiger partial charge in [-0.05, 0) is 50.6 Å². The highest BCUT2D eigenvalue weighted by Crippen LogP contribution is 2.28. The van der Waals surface area contributed by atoms with Crippen LogP contribution in [0.15, 0.2) is 48.5 Å². The van der Waals surface area contributed by atoms with Gasteiger partial charge in [-0.15, -0.1) is 0 Å². The van der Waals surface area contributed by atoms with Gasteiger partial charge < -0.3 is 19.9 Å². The molecule has 0 bridgehead atoms. The summed E-state index contributed by atoms with van der Waals surface area (Å²) >= 11 is 5.97. The van der Waals surface area contributed by atoms with Crippen LogP contribution in [0.5, 0.6) is 11.5 Å². The molecule has 27 heavy (non-hydrogen) atoms. The molecule has 1 unspecified atom stereocenters. The van der Waals surface area contributed by atoms with Crippen LogP contribution in [0, 0.1) is 0 Å². The fourth-order valence-electron chi connectivity index (χ4n) is 2.30. The lowest BCUT2D eigenvalue weighted by Gasteiger charge is -2.22. The minimum Gasteiger partial charge on any atom is -0.480 e. The van der Waals surface area contributed by atoms with E-state index in [1.54, 1.807) is 69.3 Å². The van der Waals surface area contributed by atoms with Crippen molar-refractivity contribution in [3.8, 4) is 11.5 Å². The highest BCUT2D eigenvalue weighted by molar-refractivity contribution is 6.30. The molecule has 0 heterocycles. The first-order valence-electron chi connectivity index (χ1n) is 8.38. The molecule has 0 aromatic heterocycles. The first-order chi connectivity index (χ1) is 12.6. The largest absolute Gasteiger partial charge is 0.480 e. The second-order valence-corrected chi connectivity index (χ2v) is 7.34. The number of para-hydroxylation sites is 1. The van der Waals surface area contributed by atoms with E-state index in [-0.39, 0.29) is 6.42 Å². The molecular formula is C20H22ClNO5. The summed E-state index contributed by atoms with van der Waals surface area (Å²) in [6, 6.07) is 12.7. The van der Waals surface area contributed by atoms with Gasteiger partial charge in [-0.25, -0.2) is 9.59 Å². The lowest BCUT2D eigenvalue weighted by atomic mass is 10.0. The molecule has 2 aromatic rings. The third-order valence-corrected chi connectivity index (χ3v) is 3.64. The predicted molar refractivity (Wildman–Crippen MR) is 102 cm³/mol. The molecule has 0 saturated carbocycles. The summed E-state index contributed by atoms with van der Waals surface area (Å²) < 4.78 is 11.0. The van der Waals surface area contributed by atoms with E-state index in [9.17, 15) is 14.7 Å². The maximum atomic E-state index is 11.9. The van der Waals surface area contributed by atoms with Gasteiger partial charge in [0, 0.05) is 11.4 Å². The van der Waals surface area contributed by atoms with Crippen LogP contribution in [0.1, 0.15) is 26.3 Å². The molecule has 2 N–H and O–H groups in total. The third-order valence-electron chi connectivity index (χ3n) is 3.41. The zero-order valence-corrected chi connectivity index (χ0v) is 16.1. The van der Waals surface area contributed by atoms with Crippen LogP contribution in [-0.2, 0) is 16.0 Å². The average molecular weight is 392 g/mol. The van der Waals surface area contributed by atoms with Crippen molar-refractivity contribution in [3.05, 3.63) is 59.1 Å². The molecule has 0 saturated heterocycles. The van der Waals surface area contributed by atoms with Crippen molar-refractivity contribution in [1.82, 2.24) is 5.32 Å². The third kappa shape index (κ3) is 6.83. The molecule has 7 heteroatoms. The van der Waals surface area contributed by atoms with Crippen LogP contribution < -0.4 is 10.1 Å². The number of carbonyl (C=O) groups excluding carboxylic acids is 1. The Morgan fingerprint density at radius 2 is 1.85 bits per heavy atom. The smallest absolute Gasteiger partial charge is 0.408 e. The van der Waals surface area contributed by atoms with Crippen LogP contribution in [0.2, 0.25) is 5.02 Å². The monoisotopic (exact) mass is 391 g/mol. The highest BCUT2D eigenvalue weighted by Gasteiger charge is 2.25. The number of nitrogens with one attached hydrogen (secondary N) is 1. The molecule has 0 aliphatic rings. The molecule has 1 amide bonds. The number of amides is 1. The predicted octanol–water partition coefficient (Wildman–Crippen LogP) is 4.65. The Morgan fingerprint density at radius 3 is 2.48 bits per heavy atom. The Kier molecular flexibility index (Phi) is 6.69.